The fourth-order valence-corrected chi connectivity index (χ4v) is 1.74. The number of carbonyl (C=O) groups excluding carboxylic acids is 1. The Morgan fingerprint density at radius 3 is 2.82 bits per heavy atom. The van der Waals surface area contributed by atoms with E-state index in [0.717, 1.165) is 12.8 Å². The van der Waals surface area contributed by atoms with Crippen LogP contribution in [0.15, 0.2) is 24.3 Å². The molecular weight excluding hydrogens is 238 g/mol. The maximum atomic E-state index is 12.0. The van der Waals surface area contributed by atoms with E-state index in [-0.39, 0.29) is 11.9 Å². The molecule has 0 aliphatic carbocycles. The molecule has 3 nitrogen and oxygen atoms in total. The van der Waals surface area contributed by atoms with Gasteiger partial charge in [-0.1, -0.05) is 12.1 Å². The normalized spacial score (nSPS) is 11.9. The van der Waals surface area contributed by atoms with Crippen molar-refractivity contribution < 1.29 is 9.53 Å². The molecule has 0 aliphatic rings. The number of methoxy groups -OCH3 is 1. The minimum Gasteiger partial charge on any atom is -0.496 e. The molecule has 1 amide bonds. The molecule has 4 heteroatoms. The lowest BCUT2D eigenvalue weighted by atomic mass is 10.1. The van der Waals surface area contributed by atoms with Crippen LogP contribution in [0.3, 0.4) is 0 Å². The van der Waals surface area contributed by atoms with Gasteiger partial charge in [0.25, 0.3) is 5.91 Å². The molecule has 94 valence electrons. The highest BCUT2D eigenvalue weighted by Crippen LogP contribution is 2.17. The molecule has 0 fully saturated rings. The average Bonchev–Trinajstić information content (AvgIpc) is 2.36. The van der Waals surface area contributed by atoms with Crippen LogP contribution >= 0.6 is 11.6 Å². The SMILES string of the molecule is COc1ccccc1C(=O)NC(C)CCCCl. The zero-order valence-corrected chi connectivity index (χ0v) is 11.0. The van der Waals surface area contributed by atoms with E-state index in [0.29, 0.717) is 17.2 Å². The fourth-order valence-electron chi connectivity index (χ4n) is 1.59. The zero-order chi connectivity index (χ0) is 12.7. The van der Waals surface area contributed by atoms with Crippen molar-refractivity contribution in [2.24, 2.45) is 0 Å². The van der Waals surface area contributed by atoms with Crippen LogP contribution in [0.1, 0.15) is 30.1 Å². The predicted molar refractivity (Wildman–Crippen MR) is 69.9 cm³/mol. The van der Waals surface area contributed by atoms with Gasteiger partial charge in [0, 0.05) is 11.9 Å². The van der Waals surface area contributed by atoms with Crippen LogP contribution in [0.4, 0.5) is 0 Å². The first kappa shape index (κ1) is 13.8. The Morgan fingerprint density at radius 1 is 1.47 bits per heavy atom. The van der Waals surface area contributed by atoms with Gasteiger partial charge in [0.05, 0.1) is 12.7 Å². The Bertz CT molecular complexity index is 368. The predicted octanol–water partition coefficient (Wildman–Crippen LogP) is 2.83. The number of benzene rings is 1. The lowest BCUT2D eigenvalue weighted by Crippen LogP contribution is -2.32. The van der Waals surface area contributed by atoms with Crippen LogP contribution in [0.25, 0.3) is 0 Å². The molecule has 17 heavy (non-hydrogen) atoms. The summed E-state index contributed by atoms with van der Waals surface area (Å²) in [6.07, 6.45) is 1.78. The first-order valence-electron chi connectivity index (χ1n) is 5.69. The Kier molecular flexibility index (Phi) is 5.84. The zero-order valence-electron chi connectivity index (χ0n) is 10.2. The third-order valence-corrected chi connectivity index (χ3v) is 2.77. The van der Waals surface area contributed by atoms with E-state index in [9.17, 15) is 4.79 Å². The molecular formula is C13H18ClNO2. The van der Waals surface area contributed by atoms with E-state index in [2.05, 4.69) is 5.32 Å². The van der Waals surface area contributed by atoms with Crippen molar-refractivity contribution in [2.45, 2.75) is 25.8 Å². The molecule has 1 atom stereocenters. The highest BCUT2D eigenvalue weighted by atomic mass is 35.5. The highest BCUT2D eigenvalue weighted by Gasteiger charge is 2.13. The Labute approximate surface area is 107 Å². The van der Waals surface area contributed by atoms with Crippen molar-refractivity contribution in [3.63, 3.8) is 0 Å². The van der Waals surface area contributed by atoms with Gasteiger partial charge in [0.1, 0.15) is 5.75 Å². The minimum absolute atomic E-state index is 0.107. The fraction of sp³-hybridized carbons (Fsp3) is 0.462. The molecule has 0 aliphatic heterocycles. The summed E-state index contributed by atoms with van der Waals surface area (Å²) in [6, 6.07) is 7.31. The Balaban J connectivity index is 2.63. The number of ether oxygens (including phenoxy) is 1. The Morgan fingerprint density at radius 2 is 2.18 bits per heavy atom. The van der Waals surface area contributed by atoms with Crippen LogP contribution in [0, 0.1) is 0 Å². The van der Waals surface area contributed by atoms with Crippen LogP contribution in [-0.2, 0) is 0 Å². The van der Waals surface area contributed by atoms with Crippen LogP contribution in [0.5, 0.6) is 5.75 Å². The standard InChI is InChI=1S/C13H18ClNO2/c1-10(6-5-9-14)15-13(16)11-7-3-4-8-12(11)17-2/h3-4,7-8,10H,5-6,9H2,1-2H3,(H,15,16). The smallest absolute Gasteiger partial charge is 0.255 e. The molecule has 1 unspecified atom stereocenters. The third-order valence-electron chi connectivity index (χ3n) is 2.50. The van der Waals surface area contributed by atoms with Gasteiger partial charge < -0.3 is 10.1 Å². The van der Waals surface area contributed by atoms with Gasteiger partial charge in [-0.15, -0.1) is 11.6 Å². The molecule has 0 saturated carbocycles. The topological polar surface area (TPSA) is 38.3 Å². The molecule has 1 N–H and O–H groups in total. The first-order chi connectivity index (χ1) is 8.19. The molecule has 0 saturated heterocycles. The summed E-state index contributed by atoms with van der Waals surface area (Å²) in [5.74, 6) is 1.11. The summed E-state index contributed by atoms with van der Waals surface area (Å²) in [4.78, 5) is 12.0. The van der Waals surface area contributed by atoms with Crippen LogP contribution in [-0.4, -0.2) is 24.9 Å². The van der Waals surface area contributed by atoms with Crippen molar-refractivity contribution in [3.8, 4) is 5.75 Å². The molecule has 0 bridgehead atoms. The van der Waals surface area contributed by atoms with Crippen molar-refractivity contribution in [1.82, 2.24) is 5.32 Å². The van der Waals surface area contributed by atoms with E-state index >= 15 is 0 Å². The largest absolute Gasteiger partial charge is 0.496 e. The molecule has 1 rings (SSSR count). The number of nitrogens with one attached hydrogen (secondary N) is 1. The summed E-state index contributed by atoms with van der Waals surface area (Å²) in [7, 11) is 1.56. The van der Waals surface area contributed by atoms with Gasteiger partial charge in [-0.3, -0.25) is 4.79 Å². The van der Waals surface area contributed by atoms with Gasteiger partial charge in [0.2, 0.25) is 0 Å². The van der Waals surface area contributed by atoms with Gasteiger partial charge in [0.15, 0.2) is 0 Å². The van der Waals surface area contributed by atoms with E-state index < -0.39 is 0 Å². The number of hydrogen-bond acceptors (Lipinski definition) is 2. The average molecular weight is 256 g/mol. The summed E-state index contributed by atoms with van der Waals surface area (Å²) < 4.78 is 5.15. The number of alkyl halides is 1. The summed E-state index contributed by atoms with van der Waals surface area (Å²) >= 11 is 5.61. The first-order valence-corrected chi connectivity index (χ1v) is 6.22. The van der Waals surface area contributed by atoms with Crippen molar-refractivity contribution >= 4 is 17.5 Å². The quantitative estimate of drug-likeness (QED) is 0.794. The minimum atomic E-state index is -0.107. The monoisotopic (exact) mass is 255 g/mol. The molecule has 0 aromatic heterocycles. The number of amides is 1. The van der Waals surface area contributed by atoms with E-state index in [4.69, 9.17) is 16.3 Å². The second-order valence-corrected chi connectivity index (χ2v) is 4.28. The second kappa shape index (κ2) is 7.17. The van der Waals surface area contributed by atoms with Crippen LogP contribution in [0.2, 0.25) is 0 Å². The van der Waals surface area contributed by atoms with Crippen molar-refractivity contribution in [3.05, 3.63) is 29.8 Å². The number of para-hydroxylation sites is 1. The van der Waals surface area contributed by atoms with Crippen LogP contribution < -0.4 is 10.1 Å². The molecule has 1 aromatic rings. The van der Waals surface area contributed by atoms with E-state index in [1.165, 1.54) is 0 Å². The van der Waals surface area contributed by atoms with E-state index in [1.54, 1.807) is 19.2 Å². The summed E-state index contributed by atoms with van der Waals surface area (Å²) in [5.41, 5.74) is 0.563. The lowest BCUT2D eigenvalue weighted by molar-refractivity contribution is 0.0935. The Hall–Kier alpha value is -1.22. The molecule has 0 heterocycles. The number of halogens is 1. The number of hydrogen-bond donors (Lipinski definition) is 1. The summed E-state index contributed by atoms with van der Waals surface area (Å²) in [5, 5.41) is 2.93. The highest BCUT2D eigenvalue weighted by molar-refractivity contribution is 6.17. The summed E-state index contributed by atoms with van der Waals surface area (Å²) in [6.45, 7) is 1.97. The third kappa shape index (κ3) is 4.27. The second-order valence-electron chi connectivity index (χ2n) is 3.91. The van der Waals surface area contributed by atoms with Gasteiger partial charge in [-0.05, 0) is 31.9 Å². The molecule has 1 aromatic carbocycles. The lowest BCUT2D eigenvalue weighted by Gasteiger charge is -2.14. The van der Waals surface area contributed by atoms with Gasteiger partial charge in [-0.25, -0.2) is 0 Å². The number of rotatable bonds is 6. The maximum Gasteiger partial charge on any atom is 0.255 e. The van der Waals surface area contributed by atoms with E-state index in [1.807, 2.05) is 19.1 Å². The van der Waals surface area contributed by atoms with Gasteiger partial charge in [-0.2, -0.15) is 0 Å². The number of carbonyl (C=O) groups is 1. The maximum absolute atomic E-state index is 12.0. The molecule has 0 radical (unpaired) electrons. The van der Waals surface area contributed by atoms with Gasteiger partial charge >= 0.3 is 0 Å². The molecule has 0 spiro atoms. The van der Waals surface area contributed by atoms with Crippen molar-refractivity contribution in [2.75, 3.05) is 13.0 Å². The van der Waals surface area contributed by atoms with Crippen molar-refractivity contribution in [1.29, 1.82) is 0 Å².